The number of rotatable bonds is 4. The van der Waals surface area contributed by atoms with E-state index < -0.39 is 11.7 Å². The normalized spacial score (nSPS) is 16.6. The minimum absolute atomic E-state index is 0.00852. The summed E-state index contributed by atoms with van der Waals surface area (Å²) in [6.45, 7) is 1.68. The third kappa shape index (κ3) is 4.55. The molecule has 2 aliphatic rings. The molecule has 1 saturated carbocycles. The van der Waals surface area contributed by atoms with Crippen molar-refractivity contribution >= 4 is 34.1 Å². The zero-order valence-electron chi connectivity index (χ0n) is 18.3. The van der Waals surface area contributed by atoms with Crippen LogP contribution in [0.4, 0.5) is 24.7 Å². The minimum Gasteiger partial charge on any atom is -0.353 e. The lowest BCUT2D eigenvalue weighted by Gasteiger charge is -2.35. The van der Waals surface area contributed by atoms with Crippen LogP contribution in [0.5, 0.6) is 0 Å². The van der Waals surface area contributed by atoms with E-state index in [-0.39, 0.29) is 17.7 Å². The van der Waals surface area contributed by atoms with E-state index in [2.05, 4.69) is 10.3 Å². The number of aromatic nitrogens is 1. The number of alkyl halides is 3. The first kappa shape index (κ1) is 22.2. The standard InChI is InChI=1S/C25H23F3N4O2/c26-25(27,28)19-7-8-22(29-15-19)31-9-11-32(12-10-31)24(34)20-13-17-3-1-2-4-18(17)14-21(20)30-23(33)16-5-6-16/h1-4,7-8,13-16H,5-6,9-12H2,(H,30,33). The van der Waals surface area contributed by atoms with Gasteiger partial charge in [0.1, 0.15) is 5.82 Å². The number of benzene rings is 2. The Hall–Kier alpha value is -3.62. The van der Waals surface area contributed by atoms with Crippen molar-refractivity contribution < 1.29 is 22.8 Å². The van der Waals surface area contributed by atoms with Crippen LogP contribution in [0.15, 0.2) is 54.7 Å². The van der Waals surface area contributed by atoms with Gasteiger partial charge in [-0.1, -0.05) is 24.3 Å². The van der Waals surface area contributed by atoms with Crippen LogP contribution in [0.3, 0.4) is 0 Å². The number of carbonyl (C=O) groups is 2. The molecule has 1 aromatic heterocycles. The molecule has 1 N–H and O–H groups in total. The maximum atomic E-state index is 13.4. The molecule has 2 heterocycles. The van der Waals surface area contributed by atoms with Crippen molar-refractivity contribution in [3.63, 3.8) is 0 Å². The number of hydrogen-bond donors (Lipinski definition) is 1. The SMILES string of the molecule is O=C(Nc1cc2ccccc2cc1C(=O)N1CCN(c2ccc(C(F)(F)F)cn2)CC1)C1CC1. The molecule has 176 valence electrons. The van der Waals surface area contributed by atoms with Crippen molar-refractivity contribution in [2.75, 3.05) is 36.4 Å². The number of amides is 2. The fraction of sp³-hybridized carbons (Fsp3) is 0.320. The quantitative estimate of drug-likeness (QED) is 0.610. The Labute approximate surface area is 194 Å². The molecule has 34 heavy (non-hydrogen) atoms. The molecule has 1 aliphatic carbocycles. The van der Waals surface area contributed by atoms with Crippen molar-refractivity contribution in [2.24, 2.45) is 5.92 Å². The molecule has 2 fully saturated rings. The minimum atomic E-state index is -4.43. The molecule has 5 rings (SSSR count). The second-order valence-electron chi connectivity index (χ2n) is 8.69. The van der Waals surface area contributed by atoms with Gasteiger partial charge in [0.25, 0.3) is 5.91 Å². The first-order valence-electron chi connectivity index (χ1n) is 11.2. The van der Waals surface area contributed by atoms with Crippen LogP contribution in [0.2, 0.25) is 0 Å². The fourth-order valence-corrected chi connectivity index (χ4v) is 4.15. The maximum absolute atomic E-state index is 13.4. The Balaban J connectivity index is 1.33. The lowest BCUT2D eigenvalue weighted by Crippen LogP contribution is -2.49. The van der Waals surface area contributed by atoms with Crippen molar-refractivity contribution in [1.82, 2.24) is 9.88 Å². The van der Waals surface area contributed by atoms with Gasteiger partial charge in [-0.2, -0.15) is 13.2 Å². The van der Waals surface area contributed by atoms with Crippen molar-refractivity contribution in [3.05, 3.63) is 65.9 Å². The van der Waals surface area contributed by atoms with Gasteiger partial charge in [-0.25, -0.2) is 4.98 Å². The van der Waals surface area contributed by atoms with Gasteiger partial charge in [-0.15, -0.1) is 0 Å². The number of hydrogen-bond acceptors (Lipinski definition) is 4. The molecule has 6 nitrogen and oxygen atoms in total. The second kappa shape index (κ2) is 8.62. The molecule has 1 aliphatic heterocycles. The van der Waals surface area contributed by atoms with Crippen LogP contribution in [0, 0.1) is 5.92 Å². The summed E-state index contributed by atoms with van der Waals surface area (Å²) in [7, 11) is 0. The van der Waals surface area contributed by atoms with Gasteiger partial charge in [-0.05, 0) is 47.9 Å². The predicted octanol–water partition coefficient (Wildman–Crippen LogP) is 4.56. The second-order valence-corrected chi connectivity index (χ2v) is 8.69. The van der Waals surface area contributed by atoms with E-state index in [1.54, 1.807) is 4.90 Å². The van der Waals surface area contributed by atoms with Gasteiger partial charge in [-0.3, -0.25) is 9.59 Å². The van der Waals surface area contributed by atoms with Crippen LogP contribution < -0.4 is 10.2 Å². The van der Waals surface area contributed by atoms with Crippen molar-refractivity contribution in [1.29, 1.82) is 0 Å². The van der Waals surface area contributed by atoms with Gasteiger partial charge < -0.3 is 15.1 Å². The van der Waals surface area contributed by atoms with Crippen LogP contribution in [0.1, 0.15) is 28.8 Å². The number of nitrogens with zero attached hydrogens (tertiary/aromatic N) is 3. The zero-order chi connectivity index (χ0) is 23.9. The number of halogens is 3. The van der Waals surface area contributed by atoms with Crippen molar-refractivity contribution in [2.45, 2.75) is 19.0 Å². The number of carbonyl (C=O) groups excluding carboxylic acids is 2. The van der Waals surface area contributed by atoms with E-state index in [1.165, 1.54) is 6.07 Å². The van der Waals surface area contributed by atoms with Crippen LogP contribution in [0.25, 0.3) is 10.8 Å². The van der Waals surface area contributed by atoms with Gasteiger partial charge in [0, 0.05) is 38.3 Å². The highest BCUT2D eigenvalue weighted by molar-refractivity contribution is 6.08. The van der Waals surface area contributed by atoms with Gasteiger partial charge >= 0.3 is 6.18 Å². The topological polar surface area (TPSA) is 65.5 Å². The molecule has 0 unspecified atom stereocenters. The first-order valence-corrected chi connectivity index (χ1v) is 11.2. The highest BCUT2D eigenvalue weighted by Gasteiger charge is 2.32. The van der Waals surface area contributed by atoms with Gasteiger partial charge in [0.05, 0.1) is 16.8 Å². The number of anilines is 2. The molecule has 1 saturated heterocycles. The molecule has 2 aromatic carbocycles. The van der Waals surface area contributed by atoms with E-state index in [0.29, 0.717) is 43.2 Å². The van der Waals surface area contributed by atoms with Crippen LogP contribution >= 0.6 is 0 Å². The lowest BCUT2D eigenvalue weighted by atomic mass is 10.0. The summed E-state index contributed by atoms with van der Waals surface area (Å²) in [5.74, 6) is 0.205. The molecule has 0 radical (unpaired) electrons. The molecular weight excluding hydrogens is 445 g/mol. The number of nitrogens with one attached hydrogen (secondary N) is 1. The van der Waals surface area contributed by atoms with Crippen LogP contribution in [-0.4, -0.2) is 47.9 Å². The van der Waals surface area contributed by atoms with Crippen LogP contribution in [-0.2, 0) is 11.0 Å². The smallest absolute Gasteiger partial charge is 0.353 e. The Morgan fingerprint density at radius 1 is 0.941 bits per heavy atom. The third-order valence-electron chi connectivity index (χ3n) is 6.29. The molecular formula is C25H23F3N4O2. The van der Waals surface area contributed by atoms with Gasteiger partial charge in [0.2, 0.25) is 5.91 Å². The van der Waals surface area contributed by atoms with E-state index in [9.17, 15) is 22.8 Å². The number of pyridine rings is 1. The molecule has 3 aromatic rings. The highest BCUT2D eigenvalue weighted by atomic mass is 19.4. The Morgan fingerprint density at radius 3 is 2.21 bits per heavy atom. The summed E-state index contributed by atoms with van der Waals surface area (Å²) in [4.78, 5) is 33.4. The summed E-state index contributed by atoms with van der Waals surface area (Å²) >= 11 is 0. The average Bonchev–Trinajstić information content (AvgIpc) is 3.69. The highest BCUT2D eigenvalue weighted by Crippen LogP contribution is 2.33. The fourth-order valence-electron chi connectivity index (χ4n) is 4.15. The molecule has 0 spiro atoms. The van der Waals surface area contributed by atoms with Crippen molar-refractivity contribution in [3.8, 4) is 0 Å². The molecule has 9 heteroatoms. The summed E-state index contributed by atoms with van der Waals surface area (Å²) in [5, 5.41) is 4.78. The summed E-state index contributed by atoms with van der Waals surface area (Å²) < 4.78 is 38.4. The Morgan fingerprint density at radius 2 is 1.62 bits per heavy atom. The number of fused-ring (bicyclic) bond motifs is 1. The molecule has 0 atom stereocenters. The maximum Gasteiger partial charge on any atom is 0.417 e. The summed E-state index contributed by atoms with van der Waals surface area (Å²) in [6, 6.07) is 13.7. The first-order chi connectivity index (χ1) is 16.3. The lowest BCUT2D eigenvalue weighted by molar-refractivity contribution is -0.137. The predicted molar refractivity (Wildman–Crippen MR) is 123 cm³/mol. The van der Waals surface area contributed by atoms with E-state index in [4.69, 9.17) is 0 Å². The largest absolute Gasteiger partial charge is 0.417 e. The Kier molecular flexibility index (Phi) is 5.63. The van der Waals surface area contributed by atoms with E-state index in [1.807, 2.05) is 41.3 Å². The molecule has 0 bridgehead atoms. The monoisotopic (exact) mass is 468 g/mol. The van der Waals surface area contributed by atoms with E-state index in [0.717, 1.165) is 35.9 Å². The summed E-state index contributed by atoms with van der Waals surface area (Å²) in [5.41, 5.74) is 0.156. The van der Waals surface area contributed by atoms with E-state index >= 15 is 0 Å². The third-order valence-corrected chi connectivity index (χ3v) is 6.29. The zero-order valence-corrected chi connectivity index (χ0v) is 18.3. The van der Waals surface area contributed by atoms with Gasteiger partial charge in [0.15, 0.2) is 0 Å². The molecule has 2 amide bonds. The number of piperazine rings is 1. The average molecular weight is 468 g/mol. The Bertz CT molecular complexity index is 1230. The summed E-state index contributed by atoms with van der Waals surface area (Å²) in [6.07, 6.45) is -1.87.